The van der Waals surface area contributed by atoms with Crippen LogP contribution in [0.5, 0.6) is 0 Å². The maximum Gasteiger partial charge on any atom is 0.259 e. The molecule has 1 aliphatic rings. The summed E-state index contributed by atoms with van der Waals surface area (Å²) in [6, 6.07) is 15.9. The Bertz CT molecular complexity index is 1850. The Hall–Kier alpha value is -4.34. The van der Waals surface area contributed by atoms with Gasteiger partial charge in [0.15, 0.2) is 0 Å². The van der Waals surface area contributed by atoms with Crippen LogP contribution in [-0.2, 0) is 32.0 Å². The number of pyridine rings is 1. The number of carbonyl (C=O) groups excluding carboxylic acids is 3. The van der Waals surface area contributed by atoms with Crippen molar-refractivity contribution in [3.8, 4) is 11.1 Å². The van der Waals surface area contributed by atoms with Gasteiger partial charge in [0, 0.05) is 45.4 Å². The molecule has 310 valence electrons. The van der Waals surface area contributed by atoms with Crippen LogP contribution >= 0.6 is 0 Å². The fraction of sp³-hybridized carbons (Fsp3) is 0.542. The second-order valence-corrected chi connectivity index (χ2v) is 16.8. The standard InChI is InChI=1S/C48H69N5O4/c1-12-17-37-26-42(45(49-29-37)35(9)57-11)44(33(7)13-2)41(24-31(3)4)40-28-39(21-20-34(40)8)38-19-16-18-36(25-38)27-43(48(56)53-23-15-14-22-50-53)51-47(55)46(32(5)6)52(10)30-54/h16,18-21,25-26,28-33,35,43,46,50H,12-15,17,22-24,27H2,1-11H3,(H,51,55)/b44-41+. The number of allylic oxidation sites excluding steroid dienone is 2. The van der Waals surface area contributed by atoms with Gasteiger partial charge < -0.3 is 15.0 Å². The number of hydrazine groups is 1. The average Bonchev–Trinajstić information content (AvgIpc) is 3.20. The Labute approximate surface area is 343 Å². The van der Waals surface area contributed by atoms with Crippen LogP contribution in [-0.4, -0.2) is 72.4 Å². The van der Waals surface area contributed by atoms with E-state index < -0.39 is 12.1 Å². The molecule has 2 N–H and O–H groups in total. The van der Waals surface area contributed by atoms with Crippen molar-refractivity contribution < 1.29 is 19.1 Å². The van der Waals surface area contributed by atoms with Gasteiger partial charge in [-0.15, -0.1) is 0 Å². The lowest BCUT2D eigenvalue weighted by molar-refractivity contribution is -0.142. The second kappa shape index (κ2) is 21.4. The quantitative estimate of drug-likeness (QED) is 0.118. The van der Waals surface area contributed by atoms with Crippen molar-refractivity contribution in [1.82, 2.24) is 25.6 Å². The number of likely N-dealkylation sites (N-methyl/N-ethyl adjacent to an activating group) is 1. The van der Waals surface area contributed by atoms with Crippen LogP contribution < -0.4 is 10.7 Å². The number of aromatic nitrogens is 1. The maximum absolute atomic E-state index is 14.0. The monoisotopic (exact) mass is 780 g/mol. The van der Waals surface area contributed by atoms with Gasteiger partial charge in [-0.1, -0.05) is 91.3 Å². The first kappa shape index (κ1) is 45.4. The molecule has 2 heterocycles. The Kier molecular flexibility index (Phi) is 17.1. The zero-order valence-corrected chi connectivity index (χ0v) is 36.6. The summed E-state index contributed by atoms with van der Waals surface area (Å²) in [5.74, 6) is 0.0519. The normalized spacial score (nSPS) is 15.8. The van der Waals surface area contributed by atoms with E-state index in [-0.39, 0.29) is 29.8 Å². The van der Waals surface area contributed by atoms with Crippen molar-refractivity contribution in [2.45, 2.75) is 125 Å². The number of aryl methyl sites for hydroxylation is 2. The molecular weight excluding hydrogens is 711 g/mol. The molecule has 3 aromatic rings. The van der Waals surface area contributed by atoms with E-state index >= 15 is 0 Å². The van der Waals surface area contributed by atoms with Gasteiger partial charge in [0.25, 0.3) is 5.91 Å². The topological polar surface area (TPSA) is 104 Å². The zero-order chi connectivity index (χ0) is 41.8. The summed E-state index contributed by atoms with van der Waals surface area (Å²) in [4.78, 5) is 45.9. The van der Waals surface area contributed by atoms with E-state index in [0.717, 1.165) is 60.9 Å². The average molecular weight is 780 g/mol. The van der Waals surface area contributed by atoms with Gasteiger partial charge in [0.05, 0.1) is 11.8 Å². The lowest BCUT2D eigenvalue weighted by atomic mass is 9.79. The van der Waals surface area contributed by atoms with E-state index in [1.807, 2.05) is 32.2 Å². The van der Waals surface area contributed by atoms with Crippen LogP contribution in [0.1, 0.15) is 127 Å². The van der Waals surface area contributed by atoms with Crippen molar-refractivity contribution in [2.24, 2.45) is 17.8 Å². The van der Waals surface area contributed by atoms with E-state index in [9.17, 15) is 14.4 Å². The lowest BCUT2D eigenvalue weighted by Crippen LogP contribution is -2.58. The number of benzene rings is 2. The third-order valence-electron chi connectivity index (χ3n) is 11.3. The summed E-state index contributed by atoms with van der Waals surface area (Å²) in [7, 11) is 3.36. The molecule has 4 atom stereocenters. The van der Waals surface area contributed by atoms with Crippen LogP contribution in [0.25, 0.3) is 22.3 Å². The molecule has 4 unspecified atom stereocenters. The molecule has 2 aromatic carbocycles. The number of hydrogen-bond donors (Lipinski definition) is 2. The van der Waals surface area contributed by atoms with Crippen molar-refractivity contribution in [3.05, 3.63) is 88.2 Å². The van der Waals surface area contributed by atoms with Crippen molar-refractivity contribution in [2.75, 3.05) is 27.2 Å². The molecule has 3 amide bonds. The highest BCUT2D eigenvalue weighted by Gasteiger charge is 2.33. The molecule has 0 radical (unpaired) electrons. The van der Waals surface area contributed by atoms with Crippen molar-refractivity contribution in [1.29, 1.82) is 0 Å². The molecule has 0 saturated carbocycles. The van der Waals surface area contributed by atoms with Gasteiger partial charge in [-0.3, -0.25) is 24.4 Å². The fourth-order valence-electron chi connectivity index (χ4n) is 8.08. The number of hydrogen-bond acceptors (Lipinski definition) is 6. The van der Waals surface area contributed by atoms with Crippen LogP contribution in [0.4, 0.5) is 0 Å². The van der Waals surface area contributed by atoms with Gasteiger partial charge in [0.1, 0.15) is 12.1 Å². The van der Waals surface area contributed by atoms with Crippen LogP contribution in [0.15, 0.2) is 54.7 Å². The Morgan fingerprint density at radius 3 is 2.33 bits per heavy atom. The number of carbonyl (C=O) groups is 3. The van der Waals surface area contributed by atoms with Gasteiger partial charge in [-0.2, -0.15) is 0 Å². The molecule has 1 saturated heterocycles. The molecule has 1 fully saturated rings. The van der Waals surface area contributed by atoms with Gasteiger partial charge in [-0.05, 0) is 120 Å². The number of ether oxygens (including phenoxy) is 1. The highest BCUT2D eigenvalue weighted by atomic mass is 16.5. The predicted octanol–water partition coefficient (Wildman–Crippen LogP) is 8.99. The van der Waals surface area contributed by atoms with Crippen molar-refractivity contribution >= 4 is 29.4 Å². The smallest absolute Gasteiger partial charge is 0.259 e. The largest absolute Gasteiger partial charge is 0.375 e. The minimum Gasteiger partial charge on any atom is -0.375 e. The lowest BCUT2D eigenvalue weighted by Gasteiger charge is -2.33. The summed E-state index contributed by atoms with van der Waals surface area (Å²) < 4.78 is 5.90. The molecule has 0 bridgehead atoms. The molecule has 57 heavy (non-hydrogen) atoms. The van der Waals surface area contributed by atoms with E-state index in [0.29, 0.717) is 31.8 Å². The van der Waals surface area contributed by atoms with E-state index in [1.54, 1.807) is 19.2 Å². The molecule has 1 aliphatic heterocycles. The molecule has 0 spiro atoms. The molecular formula is C48H69N5O4. The van der Waals surface area contributed by atoms with Crippen molar-refractivity contribution in [3.63, 3.8) is 0 Å². The molecule has 0 aliphatic carbocycles. The first-order valence-corrected chi connectivity index (χ1v) is 21.2. The number of rotatable bonds is 19. The summed E-state index contributed by atoms with van der Waals surface area (Å²) in [5.41, 5.74) is 14.8. The Morgan fingerprint density at radius 1 is 0.982 bits per heavy atom. The summed E-state index contributed by atoms with van der Waals surface area (Å²) >= 11 is 0. The second-order valence-electron chi connectivity index (χ2n) is 16.8. The minimum absolute atomic E-state index is 0.134. The maximum atomic E-state index is 14.0. The highest BCUT2D eigenvalue weighted by Crippen LogP contribution is 2.42. The van der Waals surface area contributed by atoms with E-state index in [1.165, 1.54) is 38.3 Å². The highest BCUT2D eigenvalue weighted by molar-refractivity contribution is 5.94. The first-order valence-electron chi connectivity index (χ1n) is 21.2. The molecule has 4 rings (SSSR count). The van der Waals surface area contributed by atoms with Gasteiger partial charge in [0.2, 0.25) is 12.3 Å². The minimum atomic E-state index is -0.812. The van der Waals surface area contributed by atoms with Crippen LogP contribution in [0.3, 0.4) is 0 Å². The summed E-state index contributed by atoms with van der Waals surface area (Å²) in [6.07, 6.45) is 8.65. The predicted molar refractivity (Wildman–Crippen MR) is 233 cm³/mol. The van der Waals surface area contributed by atoms with Gasteiger partial charge >= 0.3 is 0 Å². The first-order chi connectivity index (χ1) is 27.2. The summed E-state index contributed by atoms with van der Waals surface area (Å²) in [6.45, 7) is 20.8. The number of nitrogens with one attached hydrogen (secondary N) is 2. The van der Waals surface area contributed by atoms with Crippen LogP contribution in [0.2, 0.25) is 0 Å². The number of methoxy groups -OCH3 is 1. The SMILES string of the molecule is CCCc1cnc(C(C)OC)c(/C(=C(\CC(C)C)c2cc(-c3cccc(CC(NC(=O)C(C(C)C)N(C)C=O)C(=O)N4CCCCN4)c3)ccc2C)C(C)CC)c1. The summed E-state index contributed by atoms with van der Waals surface area (Å²) in [5, 5.41) is 4.69. The zero-order valence-electron chi connectivity index (χ0n) is 36.6. The number of amides is 3. The Balaban J connectivity index is 1.84. The fourth-order valence-corrected chi connectivity index (χ4v) is 8.08. The third kappa shape index (κ3) is 11.6. The Morgan fingerprint density at radius 2 is 1.72 bits per heavy atom. The molecule has 9 nitrogen and oxygen atoms in total. The van der Waals surface area contributed by atoms with E-state index in [4.69, 9.17) is 9.72 Å². The van der Waals surface area contributed by atoms with E-state index in [2.05, 4.69) is 95.6 Å². The van der Waals surface area contributed by atoms with Crippen LogP contribution in [0, 0.1) is 24.7 Å². The molecule has 1 aromatic heterocycles. The molecule has 9 heteroatoms. The third-order valence-corrected chi connectivity index (χ3v) is 11.3. The number of nitrogens with zero attached hydrogens (tertiary/aromatic N) is 3. The van der Waals surface area contributed by atoms with Gasteiger partial charge in [-0.25, -0.2) is 5.43 Å².